The van der Waals surface area contributed by atoms with Crippen molar-refractivity contribution in [1.82, 2.24) is 15.6 Å². The molecule has 1 aromatic heterocycles. The summed E-state index contributed by atoms with van der Waals surface area (Å²) in [6.07, 6.45) is 1.71. The highest BCUT2D eigenvalue weighted by Crippen LogP contribution is 2.13. The number of methoxy groups -OCH3 is 1. The van der Waals surface area contributed by atoms with Crippen molar-refractivity contribution in [3.63, 3.8) is 0 Å². The van der Waals surface area contributed by atoms with Crippen molar-refractivity contribution in [2.45, 2.75) is 12.5 Å². The van der Waals surface area contributed by atoms with Gasteiger partial charge in [0.05, 0.1) is 13.7 Å². The van der Waals surface area contributed by atoms with Crippen LogP contribution in [0.15, 0.2) is 53.7 Å². The van der Waals surface area contributed by atoms with Gasteiger partial charge in [0, 0.05) is 38.3 Å². The molecule has 136 valence electrons. The molecular weight excluding hydrogens is 431 g/mol. The monoisotopic (exact) mass is 456 g/mol. The molecule has 1 atom stereocenters. The summed E-state index contributed by atoms with van der Waals surface area (Å²) in [4.78, 5) is 8.30. The minimum absolute atomic E-state index is 0. The molecule has 0 aliphatic heterocycles. The van der Waals surface area contributed by atoms with Gasteiger partial charge in [-0.25, -0.2) is 4.98 Å². The predicted octanol–water partition coefficient (Wildman–Crippen LogP) is 2.15. The third-order valence-corrected chi connectivity index (χ3v) is 3.70. The van der Waals surface area contributed by atoms with Crippen molar-refractivity contribution in [1.29, 1.82) is 0 Å². The second kappa shape index (κ2) is 11.6. The summed E-state index contributed by atoms with van der Waals surface area (Å²) >= 11 is 0. The van der Waals surface area contributed by atoms with Crippen LogP contribution in [0.25, 0.3) is 0 Å². The van der Waals surface area contributed by atoms with Crippen LogP contribution < -0.4 is 15.4 Å². The zero-order valence-electron chi connectivity index (χ0n) is 14.5. The maximum atomic E-state index is 9.61. The van der Waals surface area contributed by atoms with Crippen LogP contribution >= 0.6 is 24.0 Å². The highest BCUT2D eigenvalue weighted by molar-refractivity contribution is 14.0. The van der Waals surface area contributed by atoms with Crippen LogP contribution in [0.1, 0.15) is 17.0 Å². The van der Waals surface area contributed by atoms with Crippen molar-refractivity contribution in [2.24, 2.45) is 4.99 Å². The number of aromatic nitrogens is 1. The Bertz CT molecular complexity index is 653. The van der Waals surface area contributed by atoms with Gasteiger partial charge < -0.3 is 20.5 Å². The Labute approximate surface area is 165 Å². The van der Waals surface area contributed by atoms with Gasteiger partial charge in [0.1, 0.15) is 0 Å². The average molecular weight is 456 g/mol. The Morgan fingerprint density at radius 1 is 1.24 bits per heavy atom. The van der Waals surface area contributed by atoms with Crippen molar-refractivity contribution in [3.05, 3.63) is 59.8 Å². The molecule has 7 heteroatoms. The lowest BCUT2D eigenvalue weighted by atomic mass is 10.0. The van der Waals surface area contributed by atoms with E-state index in [1.54, 1.807) is 20.4 Å². The molecule has 0 bridgehead atoms. The van der Waals surface area contributed by atoms with Gasteiger partial charge in [0.15, 0.2) is 5.96 Å². The van der Waals surface area contributed by atoms with E-state index in [0.717, 1.165) is 11.1 Å². The lowest BCUT2D eigenvalue weighted by Gasteiger charge is -2.18. The SMILES string of the molecule is CN=C(NCc1ccnc(OC)c1)NCC(CO)c1ccccc1.I. The van der Waals surface area contributed by atoms with E-state index in [1.165, 1.54) is 0 Å². The molecule has 6 nitrogen and oxygen atoms in total. The second-order valence-electron chi connectivity index (χ2n) is 5.30. The number of pyridine rings is 1. The van der Waals surface area contributed by atoms with E-state index in [0.29, 0.717) is 24.9 Å². The Kier molecular flexibility index (Phi) is 9.86. The van der Waals surface area contributed by atoms with E-state index < -0.39 is 0 Å². The Morgan fingerprint density at radius 2 is 2.00 bits per heavy atom. The molecule has 0 saturated carbocycles. The first kappa shape index (κ1) is 21.2. The molecule has 0 aliphatic rings. The quantitative estimate of drug-likeness (QED) is 0.338. The van der Waals surface area contributed by atoms with E-state index in [-0.39, 0.29) is 36.5 Å². The fraction of sp³-hybridized carbons (Fsp3) is 0.333. The van der Waals surface area contributed by atoms with Crippen LogP contribution in [0.3, 0.4) is 0 Å². The topological polar surface area (TPSA) is 78.8 Å². The molecule has 3 N–H and O–H groups in total. The van der Waals surface area contributed by atoms with Gasteiger partial charge in [-0.2, -0.15) is 0 Å². The van der Waals surface area contributed by atoms with Gasteiger partial charge >= 0.3 is 0 Å². The number of nitrogens with zero attached hydrogens (tertiary/aromatic N) is 2. The van der Waals surface area contributed by atoms with E-state index in [4.69, 9.17) is 4.74 Å². The summed E-state index contributed by atoms with van der Waals surface area (Å²) in [6, 6.07) is 13.7. The first-order chi connectivity index (χ1) is 11.8. The molecule has 0 radical (unpaired) electrons. The van der Waals surface area contributed by atoms with Gasteiger partial charge in [-0.15, -0.1) is 24.0 Å². The predicted molar refractivity (Wildman–Crippen MR) is 111 cm³/mol. The molecule has 0 spiro atoms. The number of hydrogen-bond acceptors (Lipinski definition) is 4. The van der Waals surface area contributed by atoms with Crippen molar-refractivity contribution in [3.8, 4) is 5.88 Å². The van der Waals surface area contributed by atoms with E-state index in [9.17, 15) is 5.11 Å². The molecule has 1 aromatic carbocycles. The average Bonchev–Trinajstić information content (AvgIpc) is 2.65. The van der Waals surface area contributed by atoms with Gasteiger partial charge in [-0.3, -0.25) is 4.99 Å². The number of benzene rings is 1. The maximum absolute atomic E-state index is 9.61. The van der Waals surface area contributed by atoms with Crippen LogP contribution in [0.5, 0.6) is 5.88 Å². The number of rotatable bonds is 7. The van der Waals surface area contributed by atoms with Crippen LogP contribution in [0.2, 0.25) is 0 Å². The van der Waals surface area contributed by atoms with Crippen LogP contribution in [0.4, 0.5) is 0 Å². The zero-order valence-corrected chi connectivity index (χ0v) is 16.8. The number of guanidine groups is 1. The molecule has 1 unspecified atom stereocenters. The molecular formula is C18H25IN4O2. The van der Waals surface area contributed by atoms with Crippen LogP contribution in [-0.2, 0) is 6.54 Å². The van der Waals surface area contributed by atoms with E-state index in [2.05, 4.69) is 20.6 Å². The fourth-order valence-electron chi connectivity index (χ4n) is 2.31. The number of ether oxygens (including phenoxy) is 1. The lowest BCUT2D eigenvalue weighted by Crippen LogP contribution is -2.39. The molecule has 0 saturated heterocycles. The van der Waals surface area contributed by atoms with Gasteiger partial charge in [0.25, 0.3) is 0 Å². The Balaban J connectivity index is 0.00000312. The highest BCUT2D eigenvalue weighted by atomic mass is 127. The number of hydrogen-bond donors (Lipinski definition) is 3. The van der Waals surface area contributed by atoms with Crippen LogP contribution in [-0.4, -0.2) is 43.4 Å². The summed E-state index contributed by atoms with van der Waals surface area (Å²) in [5.74, 6) is 1.28. The van der Waals surface area contributed by atoms with E-state index in [1.807, 2.05) is 42.5 Å². The summed E-state index contributed by atoms with van der Waals surface area (Å²) in [5, 5.41) is 16.1. The Hall–Kier alpha value is -1.87. The molecule has 0 fully saturated rings. The number of aliphatic hydroxyl groups excluding tert-OH is 1. The number of halogens is 1. The van der Waals surface area contributed by atoms with Gasteiger partial charge in [-0.05, 0) is 17.2 Å². The highest BCUT2D eigenvalue weighted by Gasteiger charge is 2.10. The first-order valence-electron chi connectivity index (χ1n) is 7.86. The Morgan fingerprint density at radius 3 is 2.64 bits per heavy atom. The fourth-order valence-corrected chi connectivity index (χ4v) is 2.31. The van der Waals surface area contributed by atoms with Crippen LogP contribution in [0, 0.1) is 0 Å². The van der Waals surface area contributed by atoms with Crippen molar-refractivity contribution in [2.75, 3.05) is 27.3 Å². The molecule has 2 rings (SSSR count). The van der Waals surface area contributed by atoms with Gasteiger partial charge in [-0.1, -0.05) is 30.3 Å². The molecule has 0 amide bonds. The molecule has 0 aliphatic carbocycles. The number of aliphatic hydroxyl groups is 1. The third-order valence-electron chi connectivity index (χ3n) is 3.70. The summed E-state index contributed by atoms with van der Waals surface area (Å²) in [6.45, 7) is 1.28. The third kappa shape index (κ3) is 6.87. The standard InChI is InChI=1S/C18H24N4O2.HI/c1-19-18(21-11-14-8-9-20-17(10-14)24-2)22-12-16(13-23)15-6-4-3-5-7-15;/h3-10,16,23H,11-13H2,1-2H3,(H2,19,21,22);1H. The number of aliphatic imine (C=N–C) groups is 1. The largest absolute Gasteiger partial charge is 0.481 e. The maximum Gasteiger partial charge on any atom is 0.213 e. The summed E-state index contributed by atoms with van der Waals surface area (Å²) in [5.41, 5.74) is 2.15. The summed E-state index contributed by atoms with van der Waals surface area (Å²) < 4.78 is 5.12. The van der Waals surface area contributed by atoms with E-state index >= 15 is 0 Å². The lowest BCUT2D eigenvalue weighted by molar-refractivity contribution is 0.265. The minimum Gasteiger partial charge on any atom is -0.481 e. The van der Waals surface area contributed by atoms with Crippen molar-refractivity contribution >= 4 is 29.9 Å². The number of nitrogens with one attached hydrogen (secondary N) is 2. The smallest absolute Gasteiger partial charge is 0.213 e. The molecule has 25 heavy (non-hydrogen) atoms. The zero-order chi connectivity index (χ0) is 17.2. The normalized spacial score (nSPS) is 12.0. The minimum atomic E-state index is 0. The van der Waals surface area contributed by atoms with Crippen molar-refractivity contribution < 1.29 is 9.84 Å². The summed E-state index contributed by atoms with van der Waals surface area (Å²) in [7, 11) is 3.32. The van der Waals surface area contributed by atoms with Gasteiger partial charge in [0.2, 0.25) is 5.88 Å². The second-order valence-corrected chi connectivity index (χ2v) is 5.30. The molecule has 1 heterocycles. The first-order valence-corrected chi connectivity index (χ1v) is 7.86. The molecule has 2 aromatic rings.